The van der Waals surface area contributed by atoms with Gasteiger partial charge in [0.05, 0.1) is 17.7 Å². The second-order valence-electron chi connectivity index (χ2n) is 3.66. The van der Waals surface area contributed by atoms with Crippen molar-refractivity contribution in [2.45, 2.75) is 13.8 Å². The number of hydrogen-bond acceptors (Lipinski definition) is 5. The van der Waals surface area contributed by atoms with Gasteiger partial charge in [0.15, 0.2) is 0 Å². The van der Waals surface area contributed by atoms with Crippen LogP contribution < -0.4 is 0 Å². The largest absolute Gasteiger partial charge is 0.462 e. The minimum absolute atomic E-state index is 0.181. The van der Waals surface area contributed by atoms with Crippen molar-refractivity contribution in [1.29, 1.82) is 0 Å². The molecule has 0 radical (unpaired) electrons. The zero-order valence-electron chi connectivity index (χ0n) is 10.8. The molecule has 19 heavy (non-hydrogen) atoms. The van der Waals surface area contributed by atoms with E-state index < -0.39 is 17.9 Å². The van der Waals surface area contributed by atoms with Gasteiger partial charge in [0.25, 0.3) is 0 Å². The molecule has 0 aliphatic heterocycles. The summed E-state index contributed by atoms with van der Waals surface area (Å²) in [7, 11) is 0. The SMILES string of the molecule is C=CC(=O)OC(=O)c1ccc(C(=O)OCC)c(C)c1. The maximum absolute atomic E-state index is 11.6. The van der Waals surface area contributed by atoms with Crippen LogP contribution in [0.1, 0.15) is 33.2 Å². The number of carbonyl (C=O) groups excluding carboxylic acids is 3. The molecule has 0 atom stereocenters. The third kappa shape index (κ3) is 3.77. The van der Waals surface area contributed by atoms with Crippen LogP contribution in [-0.2, 0) is 14.3 Å². The molecule has 0 saturated heterocycles. The Kier molecular flexibility index (Phi) is 5.00. The van der Waals surface area contributed by atoms with Gasteiger partial charge in [-0.25, -0.2) is 14.4 Å². The summed E-state index contributed by atoms with van der Waals surface area (Å²) in [6, 6.07) is 4.32. The normalized spacial score (nSPS) is 9.58. The number of aryl methyl sites for hydroxylation is 1. The molecule has 0 bridgehead atoms. The summed E-state index contributed by atoms with van der Waals surface area (Å²) < 4.78 is 9.34. The molecule has 0 saturated carbocycles. The van der Waals surface area contributed by atoms with Crippen LogP contribution in [0, 0.1) is 6.92 Å². The molecule has 100 valence electrons. The van der Waals surface area contributed by atoms with Gasteiger partial charge in [0.2, 0.25) is 0 Å². The predicted molar refractivity (Wildman–Crippen MR) is 67.8 cm³/mol. The first-order chi connectivity index (χ1) is 8.99. The molecule has 0 fully saturated rings. The van der Waals surface area contributed by atoms with Crippen molar-refractivity contribution in [1.82, 2.24) is 0 Å². The van der Waals surface area contributed by atoms with Crippen molar-refractivity contribution in [3.63, 3.8) is 0 Å². The van der Waals surface area contributed by atoms with Crippen molar-refractivity contribution in [3.05, 3.63) is 47.5 Å². The van der Waals surface area contributed by atoms with Gasteiger partial charge in [0.1, 0.15) is 0 Å². The molecule has 0 amide bonds. The van der Waals surface area contributed by atoms with Gasteiger partial charge in [-0.1, -0.05) is 6.58 Å². The fourth-order valence-corrected chi connectivity index (χ4v) is 1.42. The zero-order valence-corrected chi connectivity index (χ0v) is 10.8. The lowest BCUT2D eigenvalue weighted by atomic mass is 10.1. The Labute approximate surface area is 110 Å². The zero-order chi connectivity index (χ0) is 14.4. The smallest absolute Gasteiger partial charge is 0.346 e. The molecule has 1 rings (SSSR count). The van der Waals surface area contributed by atoms with Crippen LogP contribution in [-0.4, -0.2) is 24.5 Å². The van der Waals surface area contributed by atoms with Crippen LogP contribution in [0.25, 0.3) is 0 Å². The summed E-state index contributed by atoms with van der Waals surface area (Å²) >= 11 is 0. The number of esters is 3. The Hall–Kier alpha value is -2.43. The van der Waals surface area contributed by atoms with Gasteiger partial charge in [-0.3, -0.25) is 0 Å². The lowest BCUT2D eigenvalue weighted by Gasteiger charge is -2.07. The number of ether oxygens (including phenoxy) is 2. The fraction of sp³-hybridized carbons (Fsp3) is 0.214. The van der Waals surface area contributed by atoms with Gasteiger partial charge in [-0.15, -0.1) is 0 Å². The maximum Gasteiger partial charge on any atom is 0.346 e. The minimum atomic E-state index is -0.822. The molecule has 0 heterocycles. The van der Waals surface area contributed by atoms with Crippen molar-refractivity contribution in [2.24, 2.45) is 0 Å². The van der Waals surface area contributed by atoms with E-state index in [9.17, 15) is 14.4 Å². The predicted octanol–water partition coefficient (Wildman–Crippen LogP) is 2.04. The van der Waals surface area contributed by atoms with Crippen molar-refractivity contribution in [3.8, 4) is 0 Å². The van der Waals surface area contributed by atoms with Crippen molar-refractivity contribution in [2.75, 3.05) is 6.61 Å². The molecule has 0 N–H and O–H groups in total. The first kappa shape index (κ1) is 14.6. The molecule has 0 aliphatic carbocycles. The van der Waals surface area contributed by atoms with Crippen LogP contribution in [0.3, 0.4) is 0 Å². The van der Waals surface area contributed by atoms with Crippen LogP contribution >= 0.6 is 0 Å². The lowest BCUT2D eigenvalue weighted by molar-refractivity contribution is -0.132. The third-order valence-corrected chi connectivity index (χ3v) is 2.32. The molecular formula is C14H14O5. The Morgan fingerprint density at radius 2 is 1.95 bits per heavy atom. The van der Waals surface area contributed by atoms with Gasteiger partial charge in [0, 0.05) is 6.08 Å². The third-order valence-electron chi connectivity index (χ3n) is 2.32. The Bertz CT molecular complexity index is 531. The van der Waals surface area contributed by atoms with E-state index in [0.29, 0.717) is 11.1 Å². The van der Waals surface area contributed by atoms with Crippen LogP contribution in [0.15, 0.2) is 30.9 Å². The number of rotatable bonds is 4. The van der Waals surface area contributed by atoms with Gasteiger partial charge in [-0.05, 0) is 37.6 Å². The van der Waals surface area contributed by atoms with E-state index >= 15 is 0 Å². The van der Waals surface area contributed by atoms with E-state index in [-0.39, 0.29) is 12.2 Å². The first-order valence-corrected chi connectivity index (χ1v) is 5.66. The second kappa shape index (κ2) is 6.49. The van der Waals surface area contributed by atoms with Gasteiger partial charge in [-0.2, -0.15) is 0 Å². The van der Waals surface area contributed by atoms with Crippen LogP contribution in [0.5, 0.6) is 0 Å². The highest BCUT2D eigenvalue weighted by atomic mass is 16.6. The molecule has 5 nitrogen and oxygen atoms in total. The highest BCUT2D eigenvalue weighted by Gasteiger charge is 2.15. The molecule has 5 heteroatoms. The van der Waals surface area contributed by atoms with E-state index in [1.165, 1.54) is 18.2 Å². The summed E-state index contributed by atoms with van der Waals surface area (Å²) in [5.74, 6) is -2.07. The van der Waals surface area contributed by atoms with E-state index in [0.717, 1.165) is 6.08 Å². The first-order valence-electron chi connectivity index (χ1n) is 5.66. The van der Waals surface area contributed by atoms with E-state index in [1.807, 2.05) is 0 Å². The molecule has 0 unspecified atom stereocenters. The average Bonchev–Trinajstić information content (AvgIpc) is 2.38. The molecule has 1 aromatic carbocycles. The van der Waals surface area contributed by atoms with Gasteiger partial charge < -0.3 is 9.47 Å². The second-order valence-corrected chi connectivity index (χ2v) is 3.66. The van der Waals surface area contributed by atoms with E-state index in [4.69, 9.17) is 4.74 Å². The molecule has 1 aromatic rings. The van der Waals surface area contributed by atoms with Gasteiger partial charge >= 0.3 is 17.9 Å². The highest BCUT2D eigenvalue weighted by Crippen LogP contribution is 2.13. The summed E-state index contributed by atoms with van der Waals surface area (Å²) in [6.07, 6.45) is 0.901. The maximum atomic E-state index is 11.6. The average molecular weight is 262 g/mol. The molecular weight excluding hydrogens is 248 g/mol. The number of benzene rings is 1. The summed E-state index contributed by atoms with van der Waals surface area (Å²) in [6.45, 7) is 6.84. The summed E-state index contributed by atoms with van der Waals surface area (Å²) in [4.78, 5) is 34.0. The Balaban J connectivity index is 2.93. The lowest BCUT2D eigenvalue weighted by Crippen LogP contribution is -2.12. The fourth-order valence-electron chi connectivity index (χ4n) is 1.42. The summed E-state index contributed by atoms with van der Waals surface area (Å²) in [5.41, 5.74) is 1.12. The highest BCUT2D eigenvalue weighted by molar-refractivity contribution is 6.00. The number of carbonyl (C=O) groups is 3. The Morgan fingerprint density at radius 1 is 1.26 bits per heavy atom. The van der Waals surface area contributed by atoms with Crippen LogP contribution in [0.4, 0.5) is 0 Å². The Morgan fingerprint density at radius 3 is 2.47 bits per heavy atom. The van der Waals surface area contributed by atoms with E-state index in [2.05, 4.69) is 11.3 Å². The van der Waals surface area contributed by atoms with E-state index in [1.54, 1.807) is 13.8 Å². The quantitative estimate of drug-likeness (QED) is 0.472. The van der Waals surface area contributed by atoms with Crippen LogP contribution in [0.2, 0.25) is 0 Å². The molecule has 0 spiro atoms. The monoisotopic (exact) mass is 262 g/mol. The van der Waals surface area contributed by atoms with Crippen molar-refractivity contribution < 1.29 is 23.9 Å². The molecule has 0 aromatic heterocycles. The topological polar surface area (TPSA) is 69.7 Å². The van der Waals surface area contributed by atoms with Crippen molar-refractivity contribution >= 4 is 17.9 Å². The summed E-state index contributed by atoms with van der Waals surface area (Å²) in [5, 5.41) is 0. The number of hydrogen-bond donors (Lipinski definition) is 0. The minimum Gasteiger partial charge on any atom is -0.462 e. The standard InChI is InChI=1S/C14H14O5/c1-4-12(15)19-13(16)10-6-7-11(9(3)8-10)14(17)18-5-2/h4,6-8H,1,5H2,2-3H3. The molecule has 0 aliphatic rings.